The number of hydrogen-bond donors (Lipinski definition) is 0. The predicted molar refractivity (Wildman–Crippen MR) is 87.1 cm³/mol. The SMILES string of the molecule is Cc1ccc2c(c1)C(c1cnc3ccccc3c1)=NCC2. The zero-order valence-electron chi connectivity index (χ0n) is 12.0. The molecule has 2 nitrogen and oxygen atoms in total. The van der Waals surface area contributed by atoms with Gasteiger partial charge in [0.15, 0.2) is 0 Å². The van der Waals surface area contributed by atoms with E-state index in [9.17, 15) is 0 Å². The molecule has 21 heavy (non-hydrogen) atoms. The number of para-hydroxylation sites is 1. The molecule has 2 heterocycles. The van der Waals surface area contributed by atoms with Crippen molar-refractivity contribution in [2.75, 3.05) is 6.54 Å². The van der Waals surface area contributed by atoms with Crippen LogP contribution < -0.4 is 0 Å². The maximum atomic E-state index is 4.77. The van der Waals surface area contributed by atoms with Gasteiger partial charge in [0.25, 0.3) is 0 Å². The number of pyridine rings is 1. The van der Waals surface area contributed by atoms with E-state index in [0.717, 1.165) is 35.1 Å². The van der Waals surface area contributed by atoms with E-state index in [2.05, 4.69) is 48.3 Å². The molecule has 1 aliphatic heterocycles. The molecule has 2 heteroatoms. The summed E-state index contributed by atoms with van der Waals surface area (Å²) in [5.74, 6) is 0. The first-order chi connectivity index (χ1) is 10.3. The average Bonchev–Trinajstić information content (AvgIpc) is 2.54. The highest BCUT2D eigenvalue weighted by molar-refractivity contribution is 6.15. The van der Waals surface area contributed by atoms with Gasteiger partial charge >= 0.3 is 0 Å². The van der Waals surface area contributed by atoms with Gasteiger partial charge in [-0.1, -0.05) is 35.9 Å². The van der Waals surface area contributed by atoms with Crippen molar-refractivity contribution in [1.29, 1.82) is 0 Å². The van der Waals surface area contributed by atoms with Gasteiger partial charge in [-0.15, -0.1) is 0 Å². The van der Waals surface area contributed by atoms with Crippen LogP contribution >= 0.6 is 0 Å². The van der Waals surface area contributed by atoms with Crippen LogP contribution in [0.15, 0.2) is 59.7 Å². The normalized spacial score (nSPS) is 13.9. The molecule has 0 unspecified atom stereocenters. The Kier molecular flexibility index (Phi) is 2.81. The van der Waals surface area contributed by atoms with Gasteiger partial charge in [0.1, 0.15) is 0 Å². The van der Waals surface area contributed by atoms with Crippen LogP contribution in [0.4, 0.5) is 0 Å². The summed E-state index contributed by atoms with van der Waals surface area (Å²) in [5, 5.41) is 1.16. The Bertz CT molecular complexity index is 862. The number of benzene rings is 2. The lowest BCUT2D eigenvalue weighted by Gasteiger charge is -2.18. The molecule has 2 aromatic carbocycles. The minimum absolute atomic E-state index is 0.859. The summed E-state index contributed by atoms with van der Waals surface area (Å²) in [4.78, 5) is 9.34. The molecule has 0 radical (unpaired) electrons. The van der Waals surface area contributed by atoms with E-state index in [4.69, 9.17) is 4.99 Å². The molecule has 0 fully saturated rings. The summed E-state index contributed by atoms with van der Waals surface area (Å²) in [6.45, 7) is 2.99. The maximum Gasteiger partial charge on any atom is 0.0737 e. The summed E-state index contributed by atoms with van der Waals surface area (Å²) < 4.78 is 0. The molecule has 0 saturated heterocycles. The number of nitrogens with zero attached hydrogens (tertiary/aromatic N) is 2. The molecule has 102 valence electrons. The second kappa shape index (κ2) is 4.81. The smallest absolute Gasteiger partial charge is 0.0737 e. The molecular formula is C19H16N2. The molecule has 0 N–H and O–H groups in total. The first-order valence-electron chi connectivity index (χ1n) is 7.31. The lowest BCUT2D eigenvalue weighted by Crippen LogP contribution is -2.14. The minimum atomic E-state index is 0.859. The number of hydrogen-bond acceptors (Lipinski definition) is 2. The Hall–Kier alpha value is -2.48. The highest BCUT2D eigenvalue weighted by atomic mass is 14.8. The second-order valence-corrected chi connectivity index (χ2v) is 5.56. The molecule has 4 rings (SSSR count). The fourth-order valence-corrected chi connectivity index (χ4v) is 2.95. The summed E-state index contributed by atoms with van der Waals surface area (Å²) in [7, 11) is 0. The Labute approximate surface area is 124 Å². The van der Waals surface area contributed by atoms with Crippen molar-refractivity contribution < 1.29 is 0 Å². The summed E-state index contributed by atoms with van der Waals surface area (Å²) in [6.07, 6.45) is 2.97. The fraction of sp³-hybridized carbons (Fsp3) is 0.158. The number of fused-ring (bicyclic) bond motifs is 2. The largest absolute Gasteiger partial charge is 0.284 e. The van der Waals surface area contributed by atoms with Gasteiger partial charge in [0.2, 0.25) is 0 Å². The third-order valence-corrected chi connectivity index (χ3v) is 4.04. The summed E-state index contributed by atoms with van der Waals surface area (Å²) in [6, 6.07) is 17.1. The van der Waals surface area contributed by atoms with E-state index in [0.29, 0.717) is 0 Å². The Balaban J connectivity index is 1.89. The van der Waals surface area contributed by atoms with Gasteiger partial charge in [0.05, 0.1) is 11.2 Å². The van der Waals surface area contributed by atoms with Crippen LogP contribution in [0.2, 0.25) is 0 Å². The molecule has 0 spiro atoms. The van der Waals surface area contributed by atoms with E-state index < -0.39 is 0 Å². The van der Waals surface area contributed by atoms with Crippen molar-refractivity contribution in [1.82, 2.24) is 4.98 Å². The van der Waals surface area contributed by atoms with Crippen LogP contribution in [-0.2, 0) is 6.42 Å². The highest BCUT2D eigenvalue weighted by Crippen LogP contribution is 2.23. The zero-order valence-corrected chi connectivity index (χ0v) is 12.0. The Morgan fingerprint density at radius 3 is 2.86 bits per heavy atom. The van der Waals surface area contributed by atoms with Crippen LogP contribution in [0.5, 0.6) is 0 Å². The number of rotatable bonds is 1. The monoisotopic (exact) mass is 272 g/mol. The van der Waals surface area contributed by atoms with Crippen LogP contribution in [0.1, 0.15) is 22.3 Å². The number of aromatic nitrogens is 1. The Morgan fingerprint density at radius 2 is 1.90 bits per heavy atom. The van der Waals surface area contributed by atoms with Crippen molar-refractivity contribution in [3.8, 4) is 0 Å². The van der Waals surface area contributed by atoms with Crippen LogP contribution in [0, 0.1) is 6.92 Å². The number of aryl methyl sites for hydroxylation is 1. The average molecular weight is 272 g/mol. The molecular weight excluding hydrogens is 256 g/mol. The molecule has 1 aliphatic rings. The van der Waals surface area contributed by atoms with E-state index in [1.807, 2.05) is 18.3 Å². The minimum Gasteiger partial charge on any atom is -0.284 e. The first-order valence-corrected chi connectivity index (χ1v) is 7.31. The molecule has 0 aliphatic carbocycles. The predicted octanol–water partition coefficient (Wildman–Crippen LogP) is 3.94. The quantitative estimate of drug-likeness (QED) is 0.658. The Morgan fingerprint density at radius 1 is 1.00 bits per heavy atom. The van der Waals surface area contributed by atoms with Crippen molar-refractivity contribution in [2.45, 2.75) is 13.3 Å². The van der Waals surface area contributed by atoms with E-state index in [1.165, 1.54) is 16.7 Å². The van der Waals surface area contributed by atoms with Gasteiger partial charge in [-0.3, -0.25) is 9.98 Å². The summed E-state index contributed by atoms with van der Waals surface area (Å²) in [5.41, 5.74) is 7.15. The molecule has 0 bridgehead atoms. The van der Waals surface area contributed by atoms with Gasteiger partial charge in [-0.05, 0) is 37.1 Å². The van der Waals surface area contributed by atoms with E-state index >= 15 is 0 Å². The van der Waals surface area contributed by atoms with Gasteiger partial charge in [-0.2, -0.15) is 0 Å². The molecule has 0 amide bonds. The fourth-order valence-electron chi connectivity index (χ4n) is 2.95. The van der Waals surface area contributed by atoms with E-state index in [1.54, 1.807) is 0 Å². The van der Waals surface area contributed by atoms with E-state index in [-0.39, 0.29) is 0 Å². The molecule has 0 saturated carbocycles. The topological polar surface area (TPSA) is 25.2 Å². The lowest BCUT2D eigenvalue weighted by atomic mass is 9.92. The maximum absolute atomic E-state index is 4.77. The van der Waals surface area contributed by atoms with Crippen LogP contribution in [0.3, 0.4) is 0 Å². The third kappa shape index (κ3) is 2.13. The standard InChI is InChI=1S/C19H16N2/c1-13-6-7-14-8-9-20-19(17(14)10-13)16-11-15-4-2-3-5-18(15)21-12-16/h2-7,10-12H,8-9H2,1H3. The lowest BCUT2D eigenvalue weighted by molar-refractivity contribution is 0.942. The molecule has 1 aromatic heterocycles. The van der Waals surface area contributed by atoms with Gasteiger partial charge in [-0.25, -0.2) is 0 Å². The van der Waals surface area contributed by atoms with Crippen molar-refractivity contribution >= 4 is 16.6 Å². The van der Waals surface area contributed by atoms with Crippen molar-refractivity contribution in [3.63, 3.8) is 0 Å². The van der Waals surface area contributed by atoms with Crippen molar-refractivity contribution in [2.24, 2.45) is 4.99 Å². The van der Waals surface area contributed by atoms with Gasteiger partial charge < -0.3 is 0 Å². The van der Waals surface area contributed by atoms with Crippen LogP contribution in [-0.4, -0.2) is 17.2 Å². The van der Waals surface area contributed by atoms with Gasteiger partial charge in [0, 0.05) is 29.3 Å². The second-order valence-electron chi connectivity index (χ2n) is 5.56. The van der Waals surface area contributed by atoms with Crippen LogP contribution in [0.25, 0.3) is 10.9 Å². The first kappa shape index (κ1) is 12.3. The number of aliphatic imine (C=N–C) groups is 1. The summed E-state index contributed by atoms with van der Waals surface area (Å²) >= 11 is 0. The highest BCUT2D eigenvalue weighted by Gasteiger charge is 2.16. The zero-order chi connectivity index (χ0) is 14.2. The molecule has 0 atom stereocenters. The van der Waals surface area contributed by atoms with Crippen molar-refractivity contribution in [3.05, 3.63) is 77.0 Å². The third-order valence-electron chi connectivity index (χ3n) is 4.04. The molecule has 3 aromatic rings.